The second-order valence-electron chi connectivity index (χ2n) is 5.26. The van der Waals surface area contributed by atoms with Crippen LogP contribution in [0.15, 0.2) is 29.2 Å². The van der Waals surface area contributed by atoms with Crippen molar-refractivity contribution in [2.45, 2.75) is 30.2 Å². The van der Waals surface area contributed by atoms with Gasteiger partial charge in [0.15, 0.2) is 0 Å². The van der Waals surface area contributed by atoms with Gasteiger partial charge < -0.3 is 5.73 Å². The molecule has 1 fully saturated rings. The van der Waals surface area contributed by atoms with Gasteiger partial charge >= 0.3 is 5.51 Å². The third-order valence-electron chi connectivity index (χ3n) is 3.78. The SMILES string of the molecule is CC1(C)[C@@H](CN)[C@@H]1c1ccc(SC(F)(F)F)cc1. The van der Waals surface area contributed by atoms with Crippen LogP contribution in [0.2, 0.25) is 0 Å². The lowest BCUT2D eigenvalue weighted by Gasteiger charge is -2.07. The van der Waals surface area contributed by atoms with Crippen molar-refractivity contribution in [3.05, 3.63) is 29.8 Å². The minimum Gasteiger partial charge on any atom is -0.330 e. The van der Waals surface area contributed by atoms with Gasteiger partial charge in [-0.3, -0.25) is 0 Å². The molecule has 100 valence electrons. The predicted octanol–water partition coefficient (Wildman–Crippen LogP) is 4.00. The smallest absolute Gasteiger partial charge is 0.330 e. The summed E-state index contributed by atoms with van der Waals surface area (Å²) in [6.45, 7) is 4.91. The summed E-state index contributed by atoms with van der Waals surface area (Å²) >= 11 is -0.0767. The highest BCUT2D eigenvalue weighted by atomic mass is 32.2. The second-order valence-corrected chi connectivity index (χ2v) is 6.40. The predicted molar refractivity (Wildman–Crippen MR) is 67.4 cm³/mol. The molecule has 2 rings (SSSR count). The highest BCUT2D eigenvalue weighted by molar-refractivity contribution is 8.00. The lowest BCUT2D eigenvalue weighted by molar-refractivity contribution is -0.0328. The van der Waals surface area contributed by atoms with Gasteiger partial charge in [0.1, 0.15) is 0 Å². The molecule has 0 aromatic heterocycles. The highest BCUT2D eigenvalue weighted by Gasteiger charge is 2.57. The first-order valence-electron chi connectivity index (χ1n) is 5.81. The molecule has 0 saturated heterocycles. The molecule has 0 aliphatic heterocycles. The van der Waals surface area contributed by atoms with Crippen LogP contribution < -0.4 is 5.73 Å². The molecule has 18 heavy (non-hydrogen) atoms. The third kappa shape index (κ3) is 2.67. The van der Waals surface area contributed by atoms with Crippen LogP contribution in [-0.2, 0) is 0 Å². The largest absolute Gasteiger partial charge is 0.446 e. The van der Waals surface area contributed by atoms with Gasteiger partial charge in [-0.25, -0.2) is 0 Å². The molecule has 5 heteroatoms. The van der Waals surface area contributed by atoms with Crippen LogP contribution in [0.25, 0.3) is 0 Å². The first kappa shape index (κ1) is 13.7. The quantitative estimate of drug-likeness (QED) is 0.844. The Balaban J connectivity index is 2.10. The molecular weight excluding hydrogens is 259 g/mol. The fourth-order valence-electron chi connectivity index (χ4n) is 2.72. The molecular formula is C13H16F3NS. The highest BCUT2D eigenvalue weighted by Crippen LogP contribution is 2.63. The molecule has 2 atom stereocenters. The maximum absolute atomic E-state index is 12.2. The van der Waals surface area contributed by atoms with Gasteiger partial charge in [-0.05, 0) is 53.3 Å². The van der Waals surface area contributed by atoms with Crippen molar-refractivity contribution in [3.8, 4) is 0 Å². The van der Waals surface area contributed by atoms with Crippen LogP contribution >= 0.6 is 11.8 Å². The lowest BCUT2D eigenvalue weighted by atomic mass is 10.0. The first-order chi connectivity index (χ1) is 8.25. The number of hydrogen-bond donors (Lipinski definition) is 1. The summed E-state index contributed by atoms with van der Waals surface area (Å²) in [4.78, 5) is 0.231. The summed E-state index contributed by atoms with van der Waals surface area (Å²) < 4.78 is 36.6. The van der Waals surface area contributed by atoms with Gasteiger partial charge in [0.05, 0.1) is 0 Å². The van der Waals surface area contributed by atoms with E-state index >= 15 is 0 Å². The Bertz CT molecular complexity index is 425. The van der Waals surface area contributed by atoms with Crippen molar-refractivity contribution in [1.82, 2.24) is 0 Å². The van der Waals surface area contributed by atoms with Crippen molar-refractivity contribution in [1.29, 1.82) is 0 Å². The van der Waals surface area contributed by atoms with E-state index in [-0.39, 0.29) is 22.1 Å². The van der Waals surface area contributed by atoms with Crippen molar-refractivity contribution in [2.75, 3.05) is 6.54 Å². The minimum absolute atomic E-state index is 0.0767. The number of halogens is 3. The van der Waals surface area contributed by atoms with Gasteiger partial charge in [-0.2, -0.15) is 13.2 Å². The molecule has 1 aromatic rings. The molecule has 0 bridgehead atoms. The minimum atomic E-state index is -4.22. The lowest BCUT2D eigenvalue weighted by Crippen LogP contribution is -2.05. The number of hydrogen-bond acceptors (Lipinski definition) is 2. The number of nitrogens with two attached hydrogens (primary N) is 1. The Labute approximate surface area is 109 Å². The molecule has 0 radical (unpaired) electrons. The average molecular weight is 275 g/mol. The fraction of sp³-hybridized carbons (Fsp3) is 0.538. The molecule has 2 N–H and O–H groups in total. The van der Waals surface area contributed by atoms with Crippen LogP contribution in [0, 0.1) is 11.3 Å². The second kappa shape index (κ2) is 4.46. The van der Waals surface area contributed by atoms with Crippen molar-refractivity contribution in [3.63, 3.8) is 0 Å². The van der Waals surface area contributed by atoms with Gasteiger partial charge in [0, 0.05) is 4.90 Å². The maximum atomic E-state index is 12.2. The van der Waals surface area contributed by atoms with E-state index in [1.807, 2.05) is 0 Å². The zero-order valence-electron chi connectivity index (χ0n) is 10.3. The molecule has 0 amide bonds. The topological polar surface area (TPSA) is 26.0 Å². The molecule has 1 aliphatic carbocycles. The Hall–Kier alpha value is -0.680. The van der Waals surface area contributed by atoms with Gasteiger partial charge in [0.25, 0.3) is 0 Å². The first-order valence-corrected chi connectivity index (χ1v) is 6.63. The maximum Gasteiger partial charge on any atom is 0.446 e. The van der Waals surface area contributed by atoms with Gasteiger partial charge in [-0.1, -0.05) is 26.0 Å². The van der Waals surface area contributed by atoms with Crippen LogP contribution in [-0.4, -0.2) is 12.1 Å². The molecule has 0 spiro atoms. The summed E-state index contributed by atoms with van der Waals surface area (Å²) in [5, 5.41) is 0. The van der Waals surface area contributed by atoms with E-state index in [0.29, 0.717) is 18.4 Å². The van der Waals surface area contributed by atoms with Gasteiger partial charge in [-0.15, -0.1) is 0 Å². The zero-order valence-corrected chi connectivity index (χ0v) is 11.1. The standard InChI is InChI=1S/C13H16F3NS/c1-12(2)10(7-17)11(12)8-3-5-9(6-4-8)18-13(14,15)16/h3-6,10-11H,7,17H2,1-2H3/t10-,11-/m0/s1. The van der Waals surface area contributed by atoms with E-state index in [1.165, 1.54) is 12.1 Å². The van der Waals surface area contributed by atoms with Crippen molar-refractivity contribution >= 4 is 11.8 Å². The van der Waals surface area contributed by atoms with E-state index in [2.05, 4.69) is 13.8 Å². The molecule has 1 saturated carbocycles. The molecule has 1 aliphatic rings. The molecule has 0 heterocycles. The van der Waals surface area contributed by atoms with E-state index in [0.717, 1.165) is 5.56 Å². The van der Waals surface area contributed by atoms with Gasteiger partial charge in [0.2, 0.25) is 0 Å². The Morgan fingerprint density at radius 1 is 1.22 bits per heavy atom. The Kier molecular flexibility index (Phi) is 3.40. The number of benzene rings is 1. The molecule has 1 nitrogen and oxygen atoms in total. The third-order valence-corrected chi connectivity index (χ3v) is 4.52. The average Bonchev–Trinajstić information content (AvgIpc) is 2.79. The van der Waals surface area contributed by atoms with Crippen LogP contribution in [0.4, 0.5) is 13.2 Å². The normalized spacial score (nSPS) is 26.1. The Morgan fingerprint density at radius 2 is 1.78 bits per heavy atom. The van der Waals surface area contributed by atoms with E-state index in [1.54, 1.807) is 12.1 Å². The fourth-order valence-corrected chi connectivity index (χ4v) is 3.26. The van der Waals surface area contributed by atoms with E-state index in [4.69, 9.17) is 5.73 Å². The summed E-state index contributed by atoms with van der Waals surface area (Å²) in [5.41, 5.74) is 2.72. The summed E-state index contributed by atoms with van der Waals surface area (Å²) in [5.74, 6) is 0.797. The van der Waals surface area contributed by atoms with Crippen molar-refractivity contribution < 1.29 is 13.2 Å². The number of rotatable bonds is 3. The summed E-state index contributed by atoms with van der Waals surface area (Å²) in [6.07, 6.45) is 0. The van der Waals surface area contributed by atoms with Crippen molar-refractivity contribution in [2.24, 2.45) is 17.1 Å². The summed E-state index contributed by atoms with van der Waals surface area (Å²) in [7, 11) is 0. The zero-order chi connectivity index (χ0) is 13.6. The van der Waals surface area contributed by atoms with E-state index < -0.39 is 5.51 Å². The molecule has 0 unspecified atom stereocenters. The number of alkyl halides is 3. The van der Waals surface area contributed by atoms with Crippen LogP contribution in [0.3, 0.4) is 0 Å². The monoisotopic (exact) mass is 275 g/mol. The van der Waals surface area contributed by atoms with Crippen LogP contribution in [0.5, 0.6) is 0 Å². The summed E-state index contributed by atoms with van der Waals surface area (Å²) in [6, 6.07) is 6.65. The number of thioether (sulfide) groups is 1. The molecule has 1 aromatic carbocycles. The van der Waals surface area contributed by atoms with E-state index in [9.17, 15) is 13.2 Å². The van der Waals surface area contributed by atoms with Crippen LogP contribution in [0.1, 0.15) is 25.3 Å². The Morgan fingerprint density at radius 3 is 2.17 bits per heavy atom.